The third-order valence-electron chi connectivity index (χ3n) is 7.70. The van der Waals surface area contributed by atoms with Crippen LogP contribution in [0.5, 0.6) is 11.5 Å². The zero-order valence-corrected chi connectivity index (χ0v) is 29.4. The van der Waals surface area contributed by atoms with Crippen LogP contribution in [0.2, 0.25) is 10.0 Å². The van der Waals surface area contributed by atoms with Gasteiger partial charge in [-0.1, -0.05) is 91.1 Å². The zero-order valence-electron chi connectivity index (χ0n) is 27.1. The van der Waals surface area contributed by atoms with Crippen LogP contribution in [-0.4, -0.2) is 58.5 Å². The van der Waals surface area contributed by atoms with Gasteiger partial charge in [0.15, 0.2) is 11.5 Å². The second-order valence-electron chi connectivity index (χ2n) is 11.0. The van der Waals surface area contributed by atoms with Gasteiger partial charge in [0.05, 0.1) is 34.8 Å². The van der Waals surface area contributed by atoms with E-state index in [0.29, 0.717) is 22.9 Å². The van der Waals surface area contributed by atoms with Crippen LogP contribution in [0.15, 0.2) is 102 Å². The number of ether oxygens (including phenoxy) is 2. The average Bonchev–Trinajstić information content (AvgIpc) is 3.10. The molecule has 12 heteroatoms. The van der Waals surface area contributed by atoms with Gasteiger partial charge < -0.3 is 19.7 Å². The zero-order chi connectivity index (χ0) is 34.7. The number of hydrogen-bond donors (Lipinski definition) is 1. The molecule has 1 atom stereocenters. The lowest BCUT2D eigenvalue weighted by molar-refractivity contribution is -0.140. The summed E-state index contributed by atoms with van der Waals surface area (Å²) in [5.41, 5.74) is 1.61. The minimum atomic E-state index is -4.28. The second-order valence-corrected chi connectivity index (χ2v) is 13.7. The largest absolute Gasteiger partial charge is 0.493 e. The maximum Gasteiger partial charge on any atom is 0.264 e. The average molecular weight is 713 g/mol. The van der Waals surface area contributed by atoms with Gasteiger partial charge in [0.25, 0.3) is 10.0 Å². The summed E-state index contributed by atoms with van der Waals surface area (Å²) in [6, 6.07) is 25.8. The number of carbonyl (C=O) groups is 2. The highest BCUT2D eigenvalue weighted by molar-refractivity contribution is 7.92. The van der Waals surface area contributed by atoms with Crippen LogP contribution in [0.25, 0.3) is 0 Å². The fourth-order valence-corrected chi connectivity index (χ4v) is 6.87. The van der Waals surface area contributed by atoms with E-state index in [0.717, 1.165) is 22.7 Å². The van der Waals surface area contributed by atoms with Crippen molar-refractivity contribution in [2.24, 2.45) is 0 Å². The number of carbonyl (C=O) groups excluding carboxylic acids is 2. The SMILES string of the molecule is CCCCNC(=O)C(Cc1ccccc1)N(Cc1ccc(Cl)c(Cl)c1)C(=O)CN(c1ccc(OC)c(OC)c1)S(=O)(=O)c1ccccc1. The third kappa shape index (κ3) is 9.21. The maximum absolute atomic E-state index is 14.6. The standard InChI is InChI=1S/C36H39Cl2N3O6S/c1-4-5-20-39-36(43)32(22-26-12-8-6-9-13-26)40(24-27-16-18-30(37)31(38)21-27)35(42)25-41(48(44,45)29-14-10-7-11-15-29)28-17-19-33(46-2)34(23-28)47-3/h6-19,21,23,32H,4-5,20,22,24-25H2,1-3H3,(H,39,43). The molecule has 0 fully saturated rings. The number of halogens is 2. The first-order valence-corrected chi connectivity index (χ1v) is 17.6. The Morgan fingerprint density at radius 2 is 1.48 bits per heavy atom. The van der Waals surface area contributed by atoms with Crippen LogP contribution >= 0.6 is 23.2 Å². The van der Waals surface area contributed by atoms with Crippen molar-refractivity contribution in [1.82, 2.24) is 10.2 Å². The number of rotatable bonds is 16. The molecule has 0 saturated heterocycles. The molecule has 2 amide bonds. The van der Waals surface area contributed by atoms with Crippen LogP contribution in [0.1, 0.15) is 30.9 Å². The number of unbranched alkanes of at least 4 members (excludes halogenated alkanes) is 1. The lowest BCUT2D eigenvalue weighted by atomic mass is 10.0. The Bertz CT molecular complexity index is 1790. The number of nitrogens with one attached hydrogen (secondary N) is 1. The molecule has 0 radical (unpaired) electrons. The normalized spacial score (nSPS) is 11.8. The Kier molecular flexibility index (Phi) is 13.1. The fraction of sp³-hybridized carbons (Fsp3) is 0.278. The molecule has 0 bridgehead atoms. The number of benzene rings is 4. The van der Waals surface area contributed by atoms with Gasteiger partial charge in [-0.3, -0.25) is 13.9 Å². The van der Waals surface area contributed by atoms with Gasteiger partial charge in [0, 0.05) is 25.6 Å². The molecular weight excluding hydrogens is 673 g/mol. The van der Waals surface area contributed by atoms with Crippen LogP contribution in [0.4, 0.5) is 5.69 Å². The molecule has 0 spiro atoms. The van der Waals surface area contributed by atoms with Gasteiger partial charge in [-0.05, 0) is 53.9 Å². The number of amides is 2. The molecule has 1 unspecified atom stereocenters. The Morgan fingerprint density at radius 3 is 2.10 bits per heavy atom. The summed E-state index contributed by atoms with van der Waals surface area (Å²) >= 11 is 12.5. The first kappa shape index (κ1) is 36.6. The molecule has 0 aromatic heterocycles. The fourth-order valence-electron chi connectivity index (χ4n) is 5.12. The van der Waals surface area contributed by atoms with Crippen LogP contribution < -0.4 is 19.1 Å². The molecule has 4 aromatic carbocycles. The lowest BCUT2D eigenvalue weighted by Gasteiger charge is -2.34. The molecule has 0 saturated carbocycles. The predicted octanol–water partition coefficient (Wildman–Crippen LogP) is 6.76. The minimum Gasteiger partial charge on any atom is -0.493 e. The Labute approximate surface area is 292 Å². The first-order valence-electron chi connectivity index (χ1n) is 15.4. The number of nitrogens with zero attached hydrogens (tertiary/aromatic N) is 2. The van der Waals surface area contributed by atoms with E-state index in [1.165, 1.54) is 43.4 Å². The molecule has 0 aliphatic carbocycles. The molecule has 4 rings (SSSR count). The van der Waals surface area contributed by atoms with E-state index < -0.39 is 28.5 Å². The first-order chi connectivity index (χ1) is 23.1. The summed E-state index contributed by atoms with van der Waals surface area (Å²) in [5.74, 6) is -0.301. The number of methoxy groups -OCH3 is 2. The third-order valence-corrected chi connectivity index (χ3v) is 10.2. The van der Waals surface area contributed by atoms with Crippen molar-refractivity contribution in [2.45, 2.75) is 43.7 Å². The van der Waals surface area contributed by atoms with Gasteiger partial charge in [-0.15, -0.1) is 0 Å². The van der Waals surface area contributed by atoms with E-state index in [1.54, 1.807) is 42.5 Å². The van der Waals surface area contributed by atoms with Crippen molar-refractivity contribution in [3.8, 4) is 11.5 Å². The van der Waals surface area contributed by atoms with E-state index in [1.807, 2.05) is 37.3 Å². The van der Waals surface area contributed by atoms with Crippen LogP contribution in [0, 0.1) is 0 Å². The molecule has 254 valence electrons. The summed E-state index contributed by atoms with van der Waals surface area (Å²) < 4.78 is 40.3. The quantitative estimate of drug-likeness (QED) is 0.129. The Hall–Kier alpha value is -4.25. The highest BCUT2D eigenvalue weighted by atomic mass is 35.5. The summed E-state index contributed by atoms with van der Waals surface area (Å²) in [7, 11) is -1.38. The maximum atomic E-state index is 14.6. The van der Waals surface area contributed by atoms with Gasteiger partial charge >= 0.3 is 0 Å². The molecule has 1 N–H and O–H groups in total. The van der Waals surface area contributed by atoms with Gasteiger partial charge in [0.1, 0.15) is 12.6 Å². The number of sulfonamides is 1. The van der Waals surface area contributed by atoms with Crippen molar-refractivity contribution in [1.29, 1.82) is 0 Å². The molecule has 48 heavy (non-hydrogen) atoms. The topological polar surface area (TPSA) is 105 Å². The molecule has 9 nitrogen and oxygen atoms in total. The van der Waals surface area contributed by atoms with Gasteiger partial charge in [-0.25, -0.2) is 8.42 Å². The van der Waals surface area contributed by atoms with E-state index in [4.69, 9.17) is 32.7 Å². The molecule has 0 aliphatic heterocycles. The van der Waals surface area contributed by atoms with Crippen molar-refractivity contribution in [3.05, 3.63) is 118 Å². The second kappa shape index (κ2) is 17.2. The molecule has 0 heterocycles. The predicted molar refractivity (Wildman–Crippen MR) is 189 cm³/mol. The van der Waals surface area contributed by atoms with Crippen molar-refractivity contribution < 1.29 is 27.5 Å². The van der Waals surface area contributed by atoms with E-state index in [2.05, 4.69) is 5.32 Å². The number of anilines is 1. The van der Waals surface area contributed by atoms with E-state index >= 15 is 0 Å². The van der Waals surface area contributed by atoms with Crippen LogP contribution in [-0.2, 0) is 32.6 Å². The van der Waals surface area contributed by atoms with Gasteiger partial charge in [0.2, 0.25) is 11.8 Å². The van der Waals surface area contributed by atoms with E-state index in [-0.39, 0.29) is 40.2 Å². The Morgan fingerprint density at radius 1 is 0.812 bits per heavy atom. The van der Waals surface area contributed by atoms with Crippen LogP contribution in [0.3, 0.4) is 0 Å². The van der Waals surface area contributed by atoms with Gasteiger partial charge in [-0.2, -0.15) is 0 Å². The molecular formula is C36H39Cl2N3O6S. The molecule has 4 aromatic rings. The highest BCUT2D eigenvalue weighted by Crippen LogP contribution is 2.34. The summed E-state index contributed by atoms with van der Waals surface area (Å²) in [5, 5.41) is 3.59. The smallest absolute Gasteiger partial charge is 0.264 e. The molecule has 0 aliphatic rings. The van der Waals surface area contributed by atoms with E-state index in [9.17, 15) is 18.0 Å². The summed E-state index contributed by atoms with van der Waals surface area (Å²) in [6.07, 6.45) is 1.81. The van der Waals surface area contributed by atoms with Crippen molar-refractivity contribution >= 4 is 50.7 Å². The van der Waals surface area contributed by atoms with Crippen molar-refractivity contribution in [3.63, 3.8) is 0 Å². The monoisotopic (exact) mass is 711 g/mol. The van der Waals surface area contributed by atoms with Crippen molar-refractivity contribution in [2.75, 3.05) is 31.6 Å². The number of hydrogen-bond acceptors (Lipinski definition) is 6. The minimum absolute atomic E-state index is 0.0123. The lowest BCUT2D eigenvalue weighted by Crippen LogP contribution is -2.53. The summed E-state index contributed by atoms with van der Waals surface area (Å²) in [4.78, 5) is 29.9. The Balaban J connectivity index is 1.83. The highest BCUT2D eigenvalue weighted by Gasteiger charge is 2.35. The summed E-state index contributed by atoms with van der Waals surface area (Å²) in [6.45, 7) is 1.78.